The summed E-state index contributed by atoms with van der Waals surface area (Å²) >= 11 is 0. The zero-order chi connectivity index (χ0) is 21.4. The van der Waals surface area contributed by atoms with Crippen molar-refractivity contribution in [1.29, 1.82) is 0 Å². The molecule has 2 nitrogen and oxygen atoms in total. The van der Waals surface area contributed by atoms with Crippen LogP contribution in [-0.2, 0) is 4.74 Å². The first-order valence-electron chi connectivity index (χ1n) is 7.74. The maximum atomic E-state index is 13.4. The average Bonchev–Trinajstić information content (AvgIpc) is 2.31. The van der Waals surface area contributed by atoms with E-state index < -0.39 is 54.1 Å². The largest absolute Gasteiger partial charge is 0.426 e. The van der Waals surface area contributed by atoms with E-state index in [0.29, 0.717) is 13.8 Å². The van der Waals surface area contributed by atoms with Crippen LogP contribution in [0.2, 0.25) is 0 Å². The molecule has 158 valence electrons. The van der Waals surface area contributed by atoms with Crippen LogP contribution in [0.3, 0.4) is 0 Å². The molecule has 2 unspecified atom stereocenters. The Morgan fingerprint density at radius 3 is 1.46 bits per heavy atom. The first-order chi connectivity index (χ1) is 11.1. The average molecular weight is 406 g/mol. The monoisotopic (exact) mass is 406 g/mol. The second-order valence-electron chi connectivity index (χ2n) is 7.35. The van der Waals surface area contributed by atoms with Crippen molar-refractivity contribution in [1.82, 2.24) is 0 Å². The van der Waals surface area contributed by atoms with E-state index in [-0.39, 0.29) is 13.3 Å². The second kappa shape index (κ2) is 7.37. The lowest BCUT2D eigenvalue weighted by atomic mass is 9.85. The molecule has 11 heteroatoms. The molecule has 0 spiro atoms. The molecule has 0 heterocycles. The molecule has 0 bridgehead atoms. The third kappa shape index (κ3) is 5.64. The van der Waals surface area contributed by atoms with Gasteiger partial charge in [-0.3, -0.25) is 0 Å². The van der Waals surface area contributed by atoms with Gasteiger partial charge in [-0.05, 0) is 33.1 Å². The van der Waals surface area contributed by atoms with E-state index in [1.54, 1.807) is 0 Å². The lowest BCUT2D eigenvalue weighted by Crippen LogP contribution is -2.63. The molecule has 0 aliphatic rings. The molecule has 0 aromatic rings. The second-order valence-corrected chi connectivity index (χ2v) is 7.35. The van der Waals surface area contributed by atoms with Crippen LogP contribution < -0.4 is 0 Å². The zero-order valence-electron chi connectivity index (χ0n) is 15.0. The maximum absolute atomic E-state index is 13.4. The Morgan fingerprint density at radius 2 is 1.19 bits per heavy atom. The first kappa shape index (κ1) is 25.3. The fourth-order valence-electron chi connectivity index (χ4n) is 2.62. The molecule has 0 fully saturated rings. The Balaban J connectivity index is 6.09. The third-order valence-corrected chi connectivity index (χ3v) is 4.08. The van der Waals surface area contributed by atoms with E-state index in [9.17, 15) is 44.6 Å². The summed E-state index contributed by atoms with van der Waals surface area (Å²) in [5, 5.41) is 9.45. The topological polar surface area (TPSA) is 29.5 Å². The van der Waals surface area contributed by atoms with Gasteiger partial charge in [0.2, 0.25) is 0 Å². The molecule has 0 amide bonds. The van der Waals surface area contributed by atoms with Gasteiger partial charge in [-0.1, -0.05) is 20.3 Å². The number of aliphatic hydroxyl groups is 1. The van der Waals surface area contributed by atoms with Crippen LogP contribution in [0.1, 0.15) is 53.9 Å². The summed E-state index contributed by atoms with van der Waals surface area (Å²) in [6.07, 6.45) is -20.2. The molecular weight excluding hydrogens is 383 g/mol. The van der Waals surface area contributed by atoms with Crippen LogP contribution in [0.4, 0.5) is 39.5 Å². The minimum absolute atomic E-state index is 0.0298. The van der Waals surface area contributed by atoms with Crippen molar-refractivity contribution in [3.05, 3.63) is 0 Å². The predicted octanol–water partition coefficient (Wildman–Crippen LogP) is 5.78. The van der Waals surface area contributed by atoms with Crippen LogP contribution in [0.15, 0.2) is 0 Å². The zero-order valence-corrected chi connectivity index (χ0v) is 15.0. The summed E-state index contributed by atoms with van der Waals surface area (Å²) in [7, 11) is 0. The van der Waals surface area contributed by atoms with E-state index in [2.05, 4.69) is 4.74 Å². The van der Waals surface area contributed by atoms with Gasteiger partial charge < -0.3 is 9.84 Å². The smallest absolute Gasteiger partial charge is 0.381 e. The quantitative estimate of drug-likeness (QED) is 0.543. The number of hydrogen-bond acceptors (Lipinski definition) is 2. The number of hydrogen-bond donors (Lipinski definition) is 1. The minimum Gasteiger partial charge on any atom is -0.381 e. The van der Waals surface area contributed by atoms with E-state index >= 15 is 0 Å². The Kier molecular flexibility index (Phi) is 7.17. The molecule has 0 radical (unpaired) electrons. The molecule has 2 atom stereocenters. The van der Waals surface area contributed by atoms with Gasteiger partial charge >= 0.3 is 18.5 Å². The molecule has 0 aromatic carbocycles. The van der Waals surface area contributed by atoms with E-state index in [0.717, 1.165) is 6.92 Å². The molecule has 0 aliphatic carbocycles. The van der Waals surface area contributed by atoms with E-state index in [1.165, 1.54) is 6.92 Å². The lowest BCUT2D eigenvalue weighted by Gasteiger charge is -2.45. The van der Waals surface area contributed by atoms with Crippen LogP contribution in [0, 0.1) is 5.92 Å². The fourth-order valence-corrected chi connectivity index (χ4v) is 2.62. The number of alkyl halides is 9. The van der Waals surface area contributed by atoms with Crippen LogP contribution in [0.25, 0.3) is 0 Å². The van der Waals surface area contributed by atoms with Gasteiger partial charge in [0, 0.05) is 6.42 Å². The summed E-state index contributed by atoms with van der Waals surface area (Å²) < 4.78 is 123. The molecule has 0 aromatic heterocycles. The van der Waals surface area contributed by atoms with Gasteiger partial charge in [0.25, 0.3) is 5.60 Å². The highest BCUT2D eigenvalue weighted by Gasteiger charge is 2.73. The van der Waals surface area contributed by atoms with Crippen molar-refractivity contribution >= 4 is 0 Å². The minimum atomic E-state index is -5.92. The Hall–Kier alpha value is -0.710. The standard InChI is InChI=1S/C15H23F9O2/c1-6-9(2)7-12(14(19,20)21,15(22,23)24)26-10(3,4)8-11(5,25)13(16,17)18/h9,25H,6-8H2,1-5H3. The van der Waals surface area contributed by atoms with Crippen LogP contribution in [-0.4, -0.2) is 40.4 Å². The van der Waals surface area contributed by atoms with Gasteiger partial charge in [-0.2, -0.15) is 39.5 Å². The first-order valence-corrected chi connectivity index (χ1v) is 7.74. The van der Waals surface area contributed by atoms with Crippen molar-refractivity contribution in [3.63, 3.8) is 0 Å². The van der Waals surface area contributed by atoms with Crippen molar-refractivity contribution in [2.45, 2.75) is 89.2 Å². The molecule has 26 heavy (non-hydrogen) atoms. The van der Waals surface area contributed by atoms with Gasteiger partial charge in [0.1, 0.15) is 0 Å². The van der Waals surface area contributed by atoms with Crippen molar-refractivity contribution in [2.75, 3.05) is 0 Å². The highest BCUT2D eigenvalue weighted by molar-refractivity contribution is 5.00. The number of halogens is 9. The Morgan fingerprint density at radius 1 is 0.808 bits per heavy atom. The van der Waals surface area contributed by atoms with Gasteiger partial charge in [-0.15, -0.1) is 0 Å². The normalized spacial score (nSPS) is 18.6. The summed E-state index contributed by atoms with van der Waals surface area (Å²) in [4.78, 5) is 0. The highest BCUT2D eigenvalue weighted by atomic mass is 19.4. The summed E-state index contributed by atoms with van der Waals surface area (Å²) in [5.74, 6) is -1.07. The SMILES string of the molecule is CCC(C)CC(OC(C)(C)CC(C)(O)C(F)(F)F)(C(F)(F)F)C(F)(F)F. The molecule has 0 aliphatic heterocycles. The van der Waals surface area contributed by atoms with E-state index in [4.69, 9.17) is 0 Å². The van der Waals surface area contributed by atoms with Crippen molar-refractivity contribution < 1.29 is 49.4 Å². The van der Waals surface area contributed by atoms with Crippen LogP contribution >= 0.6 is 0 Å². The molecular formula is C15H23F9O2. The molecule has 1 N–H and O–H groups in total. The molecule has 0 rings (SSSR count). The third-order valence-electron chi connectivity index (χ3n) is 4.08. The molecule has 0 saturated carbocycles. The van der Waals surface area contributed by atoms with Crippen molar-refractivity contribution in [3.8, 4) is 0 Å². The maximum Gasteiger partial charge on any atom is 0.426 e. The van der Waals surface area contributed by atoms with Crippen LogP contribution in [0.5, 0.6) is 0 Å². The predicted molar refractivity (Wildman–Crippen MR) is 75.4 cm³/mol. The summed E-state index contributed by atoms with van der Waals surface area (Å²) in [6.45, 7) is 4.08. The molecule has 0 saturated heterocycles. The Bertz CT molecular complexity index is 447. The van der Waals surface area contributed by atoms with Gasteiger partial charge in [0.05, 0.1) is 5.60 Å². The highest BCUT2D eigenvalue weighted by Crippen LogP contribution is 2.52. The lowest BCUT2D eigenvalue weighted by molar-refractivity contribution is -0.409. The summed E-state index contributed by atoms with van der Waals surface area (Å²) in [6, 6.07) is 0. The number of ether oxygens (including phenoxy) is 1. The number of rotatable bonds is 7. The fraction of sp³-hybridized carbons (Fsp3) is 1.00. The van der Waals surface area contributed by atoms with Crippen molar-refractivity contribution in [2.24, 2.45) is 5.92 Å². The van der Waals surface area contributed by atoms with Gasteiger partial charge in [0.15, 0.2) is 5.60 Å². The van der Waals surface area contributed by atoms with Gasteiger partial charge in [-0.25, -0.2) is 0 Å². The Labute approximate surface area is 145 Å². The summed E-state index contributed by atoms with van der Waals surface area (Å²) in [5.41, 5.74) is -10.8. The van der Waals surface area contributed by atoms with E-state index in [1.807, 2.05) is 0 Å².